The van der Waals surface area contributed by atoms with E-state index >= 15 is 0 Å². The molecule has 0 saturated carbocycles. The van der Waals surface area contributed by atoms with Gasteiger partial charge in [0.25, 0.3) is 0 Å². The number of aliphatic hydroxyl groups excluding tert-OH is 1. The van der Waals surface area contributed by atoms with Crippen molar-refractivity contribution in [2.75, 3.05) is 19.6 Å². The number of piperidine rings is 1. The summed E-state index contributed by atoms with van der Waals surface area (Å²) in [6.07, 6.45) is 8.04. The SMILES string of the molecule is NC(Cc1ccccc1)[C@@H](O)CN1CCCC(C(=O)NC(CCCc2ccccc2)CCCc2ccccc2)C1. The van der Waals surface area contributed by atoms with Gasteiger partial charge in [-0.15, -0.1) is 0 Å². The summed E-state index contributed by atoms with van der Waals surface area (Å²) >= 11 is 0. The molecule has 0 radical (unpaired) electrons. The number of amides is 1. The Morgan fingerprint density at radius 3 is 1.93 bits per heavy atom. The largest absolute Gasteiger partial charge is 0.390 e. The lowest BCUT2D eigenvalue weighted by molar-refractivity contribution is -0.127. The smallest absolute Gasteiger partial charge is 0.224 e. The van der Waals surface area contributed by atoms with Gasteiger partial charge in [-0.3, -0.25) is 9.69 Å². The fourth-order valence-corrected chi connectivity index (χ4v) is 5.86. The lowest BCUT2D eigenvalue weighted by Crippen LogP contribution is -2.50. The van der Waals surface area contributed by atoms with Crippen LogP contribution in [0.25, 0.3) is 0 Å². The number of nitrogens with two attached hydrogens (primary N) is 1. The fraction of sp³-hybridized carbons (Fsp3) is 0.457. The molecular weight excluding hydrogens is 494 g/mol. The Balaban J connectivity index is 1.27. The second-order valence-corrected chi connectivity index (χ2v) is 11.5. The van der Waals surface area contributed by atoms with E-state index < -0.39 is 6.10 Å². The molecule has 1 amide bonds. The first-order valence-corrected chi connectivity index (χ1v) is 15.1. The number of likely N-dealkylation sites (tertiary alicyclic amines) is 1. The standard InChI is InChI=1S/C35H47N3O2/c36-33(25-30-17-8-3-9-18-30)34(39)27-38-24-12-21-31(26-38)35(40)37-32(22-10-19-28-13-4-1-5-14-28)23-11-20-29-15-6-2-7-16-29/h1-9,13-18,31-34,39H,10-12,19-27,36H2,(H,37,40)/t31?,33?,34-/m0/s1. The van der Waals surface area contributed by atoms with Crippen LogP contribution in [0.15, 0.2) is 91.0 Å². The van der Waals surface area contributed by atoms with Crippen LogP contribution in [-0.4, -0.2) is 53.7 Å². The highest BCUT2D eigenvalue weighted by Gasteiger charge is 2.29. The van der Waals surface area contributed by atoms with Crippen LogP contribution < -0.4 is 11.1 Å². The predicted octanol–water partition coefficient (Wildman–Crippen LogP) is 5.16. The quantitative estimate of drug-likeness (QED) is 0.248. The second kappa shape index (κ2) is 16.3. The van der Waals surface area contributed by atoms with E-state index in [9.17, 15) is 9.90 Å². The highest BCUT2D eigenvalue weighted by molar-refractivity contribution is 5.79. The molecule has 0 aliphatic carbocycles. The van der Waals surface area contributed by atoms with Crippen molar-refractivity contribution in [3.8, 4) is 0 Å². The second-order valence-electron chi connectivity index (χ2n) is 11.5. The first-order valence-electron chi connectivity index (χ1n) is 15.1. The van der Waals surface area contributed by atoms with Crippen molar-refractivity contribution in [3.05, 3.63) is 108 Å². The van der Waals surface area contributed by atoms with Crippen LogP contribution in [0.5, 0.6) is 0 Å². The van der Waals surface area contributed by atoms with E-state index in [4.69, 9.17) is 5.73 Å². The number of aliphatic hydroxyl groups is 1. The molecule has 40 heavy (non-hydrogen) atoms. The minimum atomic E-state index is -0.620. The van der Waals surface area contributed by atoms with Crippen molar-refractivity contribution in [3.63, 3.8) is 0 Å². The molecule has 214 valence electrons. The third kappa shape index (κ3) is 10.2. The molecule has 1 aliphatic rings. The van der Waals surface area contributed by atoms with Crippen LogP contribution in [0.3, 0.4) is 0 Å². The highest BCUT2D eigenvalue weighted by Crippen LogP contribution is 2.20. The molecule has 5 heteroatoms. The number of benzene rings is 3. The van der Waals surface area contributed by atoms with Crippen molar-refractivity contribution >= 4 is 5.91 Å². The molecule has 4 N–H and O–H groups in total. The van der Waals surface area contributed by atoms with E-state index in [-0.39, 0.29) is 23.9 Å². The fourth-order valence-electron chi connectivity index (χ4n) is 5.86. The van der Waals surface area contributed by atoms with Crippen LogP contribution in [-0.2, 0) is 24.1 Å². The van der Waals surface area contributed by atoms with E-state index in [2.05, 4.69) is 70.9 Å². The first kappa shape index (κ1) is 30.0. The Labute approximate surface area is 240 Å². The molecule has 0 spiro atoms. The number of β-amino-alcohol motifs (C(OH)–C–C–N with tert-alkyl or cyclic N) is 1. The summed E-state index contributed by atoms with van der Waals surface area (Å²) in [7, 11) is 0. The molecule has 3 atom stereocenters. The van der Waals surface area contributed by atoms with Gasteiger partial charge in [0.2, 0.25) is 5.91 Å². The zero-order valence-electron chi connectivity index (χ0n) is 23.8. The summed E-state index contributed by atoms with van der Waals surface area (Å²) in [5.41, 5.74) is 10.2. The Morgan fingerprint density at radius 2 is 1.38 bits per heavy atom. The third-order valence-corrected chi connectivity index (χ3v) is 8.20. The molecule has 1 fully saturated rings. The van der Waals surface area contributed by atoms with Gasteiger partial charge in [-0.1, -0.05) is 91.0 Å². The molecule has 0 bridgehead atoms. The van der Waals surface area contributed by atoms with Crippen LogP contribution in [0.4, 0.5) is 0 Å². The summed E-state index contributed by atoms with van der Waals surface area (Å²) < 4.78 is 0. The third-order valence-electron chi connectivity index (χ3n) is 8.20. The van der Waals surface area contributed by atoms with Crippen LogP contribution in [0.1, 0.15) is 55.2 Å². The van der Waals surface area contributed by atoms with E-state index in [0.717, 1.165) is 63.5 Å². The van der Waals surface area contributed by atoms with Crippen molar-refractivity contribution in [2.45, 2.75) is 76.0 Å². The Kier molecular flexibility index (Phi) is 12.2. The maximum atomic E-state index is 13.5. The van der Waals surface area contributed by atoms with Gasteiger partial charge < -0.3 is 16.2 Å². The molecule has 3 aromatic carbocycles. The number of rotatable bonds is 15. The summed E-state index contributed by atoms with van der Waals surface area (Å²) in [5, 5.41) is 14.3. The number of carbonyl (C=O) groups is 1. The number of carbonyl (C=O) groups excluding carboxylic acids is 1. The van der Waals surface area contributed by atoms with Gasteiger partial charge in [-0.2, -0.15) is 0 Å². The number of aryl methyl sites for hydroxylation is 2. The van der Waals surface area contributed by atoms with Gasteiger partial charge in [-0.25, -0.2) is 0 Å². The minimum absolute atomic E-state index is 0.0444. The van der Waals surface area contributed by atoms with E-state index in [1.165, 1.54) is 11.1 Å². The summed E-state index contributed by atoms with van der Waals surface area (Å²) in [5.74, 6) is 0.120. The molecule has 5 nitrogen and oxygen atoms in total. The zero-order chi connectivity index (χ0) is 28.0. The lowest BCUT2D eigenvalue weighted by atomic mass is 9.94. The number of hydrogen-bond donors (Lipinski definition) is 3. The molecule has 1 saturated heterocycles. The maximum absolute atomic E-state index is 13.5. The van der Waals surface area contributed by atoms with E-state index in [0.29, 0.717) is 19.5 Å². The lowest BCUT2D eigenvalue weighted by Gasteiger charge is -2.35. The minimum Gasteiger partial charge on any atom is -0.390 e. The average molecular weight is 542 g/mol. The topological polar surface area (TPSA) is 78.6 Å². The summed E-state index contributed by atoms with van der Waals surface area (Å²) in [6, 6.07) is 31.1. The normalized spacial score (nSPS) is 17.4. The molecule has 1 aliphatic heterocycles. The monoisotopic (exact) mass is 541 g/mol. The molecular formula is C35H47N3O2. The van der Waals surface area contributed by atoms with Gasteiger partial charge >= 0.3 is 0 Å². The Hall–Kier alpha value is -2.99. The average Bonchev–Trinajstić information content (AvgIpc) is 2.98. The van der Waals surface area contributed by atoms with Crippen LogP contribution >= 0.6 is 0 Å². The molecule has 3 aromatic rings. The number of nitrogens with zero attached hydrogens (tertiary/aromatic N) is 1. The maximum Gasteiger partial charge on any atom is 0.224 e. The van der Waals surface area contributed by atoms with Crippen molar-refractivity contribution in [2.24, 2.45) is 11.7 Å². The molecule has 1 heterocycles. The van der Waals surface area contributed by atoms with Gasteiger partial charge in [0.05, 0.1) is 12.0 Å². The predicted molar refractivity (Wildman–Crippen MR) is 164 cm³/mol. The van der Waals surface area contributed by atoms with Gasteiger partial charge in [0.15, 0.2) is 0 Å². The molecule has 4 rings (SSSR count). The molecule has 2 unspecified atom stereocenters. The van der Waals surface area contributed by atoms with Crippen LogP contribution in [0.2, 0.25) is 0 Å². The van der Waals surface area contributed by atoms with Crippen molar-refractivity contribution in [1.82, 2.24) is 10.2 Å². The first-order chi connectivity index (χ1) is 19.6. The van der Waals surface area contributed by atoms with Gasteiger partial charge in [-0.05, 0) is 81.0 Å². The summed E-state index contributed by atoms with van der Waals surface area (Å²) in [6.45, 7) is 2.09. The molecule has 0 aromatic heterocycles. The zero-order valence-corrected chi connectivity index (χ0v) is 23.8. The number of nitrogens with one attached hydrogen (secondary N) is 1. The number of hydrogen-bond acceptors (Lipinski definition) is 4. The summed E-state index contributed by atoms with van der Waals surface area (Å²) in [4.78, 5) is 15.7. The van der Waals surface area contributed by atoms with Crippen molar-refractivity contribution < 1.29 is 9.90 Å². The Morgan fingerprint density at radius 1 is 0.850 bits per heavy atom. The van der Waals surface area contributed by atoms with Crippen LogP contribution in [0, 0.1) is 5.92 Å². The highest BCUT2D eigenvalue weighted by atomic mass is 16.3. The van der Waals surface area contributed by atoms with Gasteiger partial charge in [0.1, 0.15) is 0 Å². The van der Waals surface area contributed by atoms with E-state index in [1.807, 2.05) is 30.3 Å². The van der Waals surface area contributed by atoms with Gasteiger partial charge in [0, 0.05) is 25.2 Å². The van der Waals surface area contributed by atoms with Crippen molar-refractivity contribution in [1.29, 1.82) is 0 Å². The van der Waals surface area contributed by atoms with E-state index in [1.54, 1.807) is 0 Å². The Bertz CT molecular complexity index is 1060.